The predicted molar refractivity (Wildman–Crippen MR) is 71.5 cm³/mol. The van der Waals surface area contributed by atoms with Gasteiger partial charge in [0.05, 0.1) is 17.3 Å². The number of aromatic nitrogens is 2. The van der Waals surface area contributed by atoms with E-state index in [1.54, 1.807) is 0 Å². The molecule has 0 aliphatic heterocycles. The normalized spacial score (nSPS) is 18.1. The Morgan fingerprint density at radius 3 is 2.79 bits per heavy atom. The van der Waals surface area contributed by atoms with Crippen molar-refractivity contribution in [2.75, 3.05) is 0 Å². The Hall–Kier alpha value is -2.10. The molecule has 1 N–H and O–H groups in total. The summed E-state index contributed by atoms with van der Waals surface area (Å²) in [6.07, 6.45) is 4.00. The first-order valence-corrected chi connectivity index (χ1v) is 6.51. The van der Waals surface area contributed by atoms with Crippen LogP contribution >= 0.6 is 0 Å². The van der Waals surface area contributed by atoms with E-state index in [2.05, 4.69) is 24.2 Å². The molecule has 1 aliphatic rings. The van der Waals surface area contributed by atoms with Gasteiger partial charge in [-0.3, -0.25) is 4.79 Å². The molecule has 0 radical (unpaired) electrons. The Kier molecular flexibility index (Phi) is 2.85. The second-order valence-electron chi connectivity index (χ2n) is 5.16. The Bertz CT molecular complexity index is 614. The second-order valence-corrected chi connectivity index (χ2v) is 5.16. The Labute approximate surface area is 111 Å². The monoisotopic (exact) mass is 256 g/mol. The van der Waals surface area contributed by atoms with Crippen molar-refractivity contribution in [1.82, 2.24) is 9.78 Å². The fourth-order valence-corrected chi connectivity index (χ4v) is 2.55. The van der Waals surface area contributed by atoms with Crippen LogP contribution in [0.5, 0.6) is 0 Å². The number of aliphatic carboxylic acids is 1. The smallest absolute Gasteiger partial charge is 0.306 e. The summed E-state index contributed by atoms with van der Waals surface area (Å²) in [7, 11) is 0. The SMILES string of the molecule is Cc1ccc(-n2cc3c(n2)CC[C@H](C(=O)O)C3)cc1. The van der Waals surface area contributed by atoms with E-state index in [1.807, 2.05) is 23.0 Å². The van der Waals surface area contributed by atoms with E-state index in [9.17, 15) is 4.79 Å². The quantitative estimate of drug-likeness (QED) is 0.897. The summed E-state index contributed by atoms with van der Waals surface area (Å²) in [5, 5.41) is 13.7. The summed E-state index contributed by atoms with van der Waals surface area (Å²) in [5.41, 5.74) is 4.34. The summed E-state index contributed by atoms with van der Waals surface area (Å²) >= 11 is 0. The lowest BCUT2D eigenvalue weighted by Crippen LogP contribution is -2.21. The van der Waals surface area contributed by atoms with Crippen LogP contribution in [0.3, 0.4) is 0 Å². The minimum Gasteiger partial charge on any atom is -0.481 e. The van der Waals surface area contributed by atoms with Crippen LogP contribution in [-0.2, 0) is 17.6 Å². The van der Waals surface area contributed by atoms with Gasteiger partial charge in [0.2, 0.25) is 0 Å². The number of hydrogen-bond donors (Lipinski definition) is 1. The second kappa shape index (κ2) is 4.53. The number of carboxylic acids is 1. The molecular formula is C15H16N2O2. The van der Waals surface area contributed by atoms with Crippen LogP contribution < -0.4 is 0 Å². The van der Waals surface area contributed by atoms with Crippen molar-refractivity contribution in [2.45, 2.75) is 26.2 Å². The van der Waals surface area contributed by atoms with Crippen molar-refractivity contribution < 1.29 is 9.90 Å². The van der Waals surface area contributed by atoms with Crippen LogP contribution in [0.1, 0.15) is 23.2 Å². The Balaban J connectivity index is 1.91. The summed E-state index contributed by atoms with van der Waals surface area (Å²) in [6, 6.07) is 8.16. The van der Waals surface area contributed by atoms with Gasteiger partial charge >= 0.3 is 5.97 Å². The van der Waals surface area contributed by atoms with E-state index < -0.39 is 5.97 Å². The van der Waals surface area contributed by atoms with Gasteiger partial charge in [0.25, 0.3) is 0 Å². The zero-order chi connectivity index (χ0) is 13.4. The number of nitrogens with zero attached hydrogens (tertiary/aromatic N) is 2. The molecule has 98 valence electrons. The number of carboxylic acid groups (broad SMARTS) is 1. The van der Waals surface area contributed by atoms with Gasteiger partial charge in [-0.05, 0) is 43.9 Å². The van der Waals surface area contributed by atoms with Crippen LogP contribution in [0.4, 0.5) is 0 Å². The molecule has 1 aromatic carbocycles. The summed E-state index contributed by atoms with van der Waals surface area (Å²) in [4.78, 5) is 11.1. The van der Waals surface area contributed by atoms with Gasteiger partial charge in [-0.15, -0.1) is 0 Å². The fourth-order valence-electron chi connectivity index (χ4n) is 2.55. The lowest BCUT2D eigenvalue weighted by atomic mass is 9.88. The summed E-state index contributed by atoms with van der Waals surface area (Å²) < 4.78 is 1.86. The third kappa shape index (κ3) is 2.26. The van der Waals surface area contributed by atoms with Crippen molar-refractivity contribution in [3.05, 3.63) is 47.3 Å². The summed E-state index contributed by atoms with van der Waals surface area (Å²) in [6.45, 7) is 2.05. The highest BCUT2D eigenvalue weighted by molar-refractivity contribution is 5.70. The van der Waals surface area contributed by atoms with E-state index in [0.717, 1.165) is 23.4 Å². The highest BCUT2D eigenvalue weighted by Gasteiger charge is 2.26. The molecule has 0 saturated heterocycles. The first kappa shape index (κ1) is 12.0. The minimum absolute atomic E-state index is 0.261. The van der Waals surface area contributed by atoms with Crippen molar-refractivity contribution in [2.24, 2.45) is 5.92 Å². The molecule has 1 atom stereocenters. The van der Waals surface area contributed by atoms with Crippen molar-refractivity contribution in [3.8, 4) is 5.69 Å². The van der Waals surface area contributed by atoms with Crippen LogP contribution in [0, 0.1) is 12.8 Å². The number of carbonyl (C=O) groups is 1. The van der Waals surface area contributed by atoms with E-state index in [0.29, 0.717) is 12.8 Å². The molecule has 0 spiro atoms. The average Bonchev–Trinajstić information content (AvgIpc) is 2.82. The largest absolute Gasteiger partial charge is 0.481 e. The van der Waals surface area contributed by atoms with Crippen molar-refractivity contribution >= 4 is 5.97 Å². The molecule has 1 heterocycles. The molecule has 2 aromatic rings. The molecule has 4 nitrogen and oxygen atoms in total. The lowest BCUT2D eigenvalue weighted by molar-refractivity contribution is -0.142. The number of hydrogen-bond acceptors (Lipinski definition) is 2. The zero-order valence-corrected chi connectivity index (χ0v) is 10.8. The number of benzene rings is 1. The van der Waals surface area contributed by atoms with E-state index in [-0.39, 0.29) is 5.92 Å². The molecule has 3 rings (SSSR count). The molecule has 0 amide bonds. The van der Waals surface area contributed by atoms with E-state index in [1.165, 1.54) is 5.56 Å². The molecule has 1 aliphatic carbocycles. The first-order chi connectivity index (χ1) is 9.13. The molecule has 0 fully saturated rings. The van der Waals surface area contributed by atoms with E-state index >= 15 is 0 Å². The first-order valence-electron chi connectivity index (χ1n) is 6.51. The maximum absolute atomic E-state index is 11.1. The molecule has 19 heavy (non-hydrogen) atoms. The maximum atomic E-state index is 11.1. The molecule has 0 saturated carbocycles. The van der Waals surface area contributed by atoms with E-state index in [4.69, 9.17) is 5.11 Å². The predicted octanol–water partition coefficient (Wildman–Crippen LogP) is 2.37. The standard InChI is InChI=1S/C15H16N2O2/c1-10-2-5-13(6-3-10)17-9-12-8-11(15(18)19)4-7-14(12)16-17/h2-3,5-6,9,11H,4,7-8H2,1H3,(H,18,19)/t11-/m0/s1. The number of rotatable bonds is 2. The molecule has 4 heteroatoms. The van der Waals surface area contributed by atoms with Gasteiger partial charge in [0, 0.05) is 6.20 Å². The van der Waals surface area contributed by atoms with Gasteiger partial charge in [0.15, 0.2) is 0 Å². The maximum Gasteiger partial charge on any atom is 0.306 e. The van der Waals surface area contributed by atoms with Gasteiger partial charge in [-0.1, -0.05) is 17.7 Å². The van der Waals surface area contributed by atoms with Crippen molar-refractivity contribution in [1.29, 1.82) is 0 Å². The lowest BCUT2D eigenvalue weighted by Gasteiger charge is -2.16. The Morgan fingerprint density at radius 2 is 2.11 bits per heavy atom. The molecule has 0 unspecified atom stereocenters. The van der Waals surface area contributed by atoms with Crippen molar-refractivity contribution in [3.63, 3.8) is 0 Å². The van der Waals surface area contributed by atoms with Gasteiger partial charge < -0.3 is 5.11 Å². The summed E-state index contributed by atoms with van der Waals surface area (Å²) in [5.74, 6) is -0.961. The number of fused-ring (bicyclic) bond motifs is 1. The van der Waals surface area contributed by atoms with Gasteiger partial charge in [0.1, 0.15) is 0 Å². The van der Waals surface area contributed by atoms with Crippen LogP contribution in [0.15, 0.2) is 30.5 Å². The Morgan fingerprint density at radius 1 is 1.37 bits per heavy atom. The number of aryl methyl sites for hydroxylation is 2. The molecule has 0 bridgehead atoms. The third-order valence-electron chi connectivity index (χ3n) is 3.72. The van der Waals surface area contributed by atoms with Gasteiger partial charge in [-0.25, -0.2) is 4.68 Å². The fraction of sp³-hybridized carbons (Fsp3) is 0.333. The third-order valence-corrected chi connectivity index (χ3v) is 3.72. The van der Waals surface area contributed by atoms with Gasteiger partial charge in [-0.2, -0.15) is 5.10 Å². The molecule has 1 aromatic heterocycles. The van der Waals surface area contributed by atoms with Crippen LogP contribution in [0.25, 0.3) is 5.69 Å². The topological polar surface area (TPSA) is 55.1 Å². The molecular weight excluding hydrogens is 240 g/mol. The van der Waals surface area contributed by atoms with Crippen LogP contribution in [0.2, 0.25) is 0 Å². The average molecular weight is 256 g/mol. The highest BCUT2D eigenvalue weighted by Crippen LogP contribution is 2.25. The minimum atomic E-state index is -0.700. The zero-order valence-electron chi connectivity index (χ0n) is 10.8. The highest BCUT2D eigenvalue weighted by atomic mass is 16.4. The van der Waals surface area contributed by atoms with Crippen LogP contribution in [-0.4, -0.2) is 20.9 Å².